The van der Waals surface area contributed by atoms with Gasteiger partial charge in [0.15, 0.2) is 0 Å². The zero-order valence-corrected chi connectivity index (χ0v) is 19.9. The Labute approximate surface area is 198 Å². The summed E-state index contributed by atoms with van der Waals surface area (Å²) in [5.74, 6) is -0.0301. The molecule has 3 N–H and O–H groups in total. The number of piperidine rings is 1. The highest BCUT2D eigenvalue weighted by Gasteiger charge is 2.35. The Morgan fingerprint density at radius 2 is 1.52 bits per heavy atom. The van der Waals surface area contributed by atoms with Crippen LogP contribution >= 0.6 is 0 Å². The molecule has 1 aliphatic heterocycles. The fourth-order valence-corrected chi connectivity index (χ4v) is 4.58. The molecule has 1 unspecified atom stereocenters. The molecule has 1 heterocycles. The molecular weight excluding hydrogens is 410 g/mol. The average molecular weight is 450 g/mol. The Hall–Kier alpha value is -2.66. The third-order valence-corrected chi connectivity index (χ3v) is 6.55. The second kappa shape index (κ2) is 13.8. The fraction of sp³-hybridized carbons (Fsp3) is 0.500. The number of carbonyl (C=O) groups is 2. The molecule has 2 aromatic carbocycles. The molecule has 3 rings (SSSR count). The van der Waals surface area contributed by atoms with E-state index in [0.717, 1.165) is 38.6 Å². The molecule has 0 aliphatic carbocycles. The lowest BCUT2D eigenvalue weighted by molar-refractivity contribution is -0.136. The first-order valence-corrected chi connectivity index (χ1v) is 12.5. The molecule has 1 fully saturated rings. The summed E-state index contributed by atoms with van der Waals surface area (Å²) in [4.78, 5) is 25.7. The van der Waals surface area contributed by atoms with E-state index in [9.17, 15) is 9.59 Å². The second-order valence-corrected chi connectivity index (χ2v) is 9.31. The van der Waals surface area contributed by atoms with Gasteiger partial charge in [-0.2, -0.15) is 0 Å². The number of aryl methyl sites for hydroxylation is 1. The number of carbonyl (C=O) groups excluding carboxylic acids is 2. The van der Waals surface area contributed by atoms with E-state index >= 15 is 0 Å². The molecule has 5 nitrogen and oxygen atoms in total. The largest absolute Gasteiger partial charge is 0.356 e. The third kappa shape index (κ3) is 8.65. The predicted molar refractivity (Wildman–Crippen MR) is 134 cm³/mol. The third-order valence-electron chi connectivity index (χ3n) is 6.55. The highest BCUT2D eigenvalue weighted by molar-refractivity contribution is 5.88. The first kappa shape index (κ1) is 25.0. The minimum absolute atomic E-state index is 0.000457. The minimum atomic E-state index is -0.297. The van der Waals surface area contributed by atoms with Gasteiger partial charge in [0, 0.05) is 19.6 Å². The van der Waals surface area contributed by atoms with Crippen LogP contribution in [0, 0.1) is 17.8 Å². The van der Waals surface area contributed by atoms with Crippen LogP contribution in [0.4, 0.5) is 0 Å². The molecule has 0 bridgehead atoms. The van der Waals surface area contributed by atoms with Crippen molar-refractivity contribution in [2.24, 2.45) is 17.8 Å². The van der Waals surface area contributed by atoms with E-state index in [-0.39, 0.29) is 23.7 Å². The summed E-state index contributed by atoms with van der Waals surface area (Å²) in [6.07, 6.45) is 5.66. The van der Waals surface area contributed by atoms with Gasteiger partial charge in [-0.05, 0) is 62.1 Å². The molecule has 178 valence electrons. The van der Waals surface area contributed by atoms with Gasteiger partial charge in [-0.1, -0.05) is 67.6 Å². The molecule has 2 amide bonds. The van der Waals surface area contributed by atoms with Crippen molar-refractivity contribution in [1.29, 1.82) is 0 Å². The molecule has 1 aliphatic rings. The first-order chi connectivity index (χ1) is 16.1. The maximum atomic E-state index is 12.9. The Bertz CT molecular complexity index is 841. The summed E-state index contributed by atoms with van der Waals surface area (Å²) in [7, 11) is 0. The van der Waals surface area contributed by atoms with E-state index in [1.165, 1.54) is 11.1 Å². The number of hydrogen-bond donors (Lipinski definition) is 3. The lowest BCUT2D eigenvalue weighted by Crippen LogP contribution is -2.50. The van der Waals surface area contributed by atoms with Crippen LogP contribution in [0.3, 0.4) is 0 Å². The lowest BCUT2D eigenvalue weighted by Gasteiger charge is -2.30. The summed E-state index contributed by atoms with van der Waals surface area (Å²) in [6, 6.07) is 20.9. The lowest BCUT2D eigenvalue weighted by atomic mass is 9.84. The normalized spacial score (nSPS) is 18.9. The van der Waals surface area contributed by atoms with Gasteiger partial charge in [0.2, 0.25) is 11.8 Å². The Kier molecular flexibility index (Phi) is 10.4. The molecule has 33 heavy (non-hydrogen) atoms. The van der Waals surface area contributed by atoms with Crippen molar-refractivity contribution in [2.75, 3.05) is 26.2 Å². The van der Waals surface area contributed by atoms with Crippen LogP contribution in [0.15, 0.2) is 60.7 Å². The molecule has 5 heteroatoms. The zero-order chi connectivity index (χ0) is 23.3. The molecule has 0 saturated carbocycles. The molecule has 3 atom stereocenters. The smallest absolute Gasteiger partial charge is 0.225 e. The van der Waals surface area contributed by atoms with Crippen LogP contribution in [0.5, 0.6) is 0 Å². The van der Waals surface area contributed by atoms with Crippen molar-refractivity contribution in [2.45, 2.75) is 45.4 Å². The number of nitrogens with one attached hydrogen (secondary N) is 3. The Morgan fingerprint density at radius 3 is 2.24 bits per heavy atom. The van der Waals surface area contributed by atoms with E-state index in [1.54, 1.807) is 0 Å². The molecule has 2 aromatic rings. The van der Waals surface area contributed by atoms with Crippen molar-refractivity contribution in [3.63, 3.8) is 0 Å². The van der Waals surface area contributed by atoms with Crippen LogP contribution in [0.2, 0.25) is 0 Å². The highest BCUT2D eigenvalue weighted by atomic mass is 16.2. The number of hydrogen-bond acceptors (Lipinski definition) is 3. The maximum Gasteiger partial charge on any atom is 0.225 e. The van der Waals surface area contributed by atoms with Gasteiger partial charge < -0.3 is 16.0 Å². The molecule has 0 aromatic heterocycles. The van der Waals surface area contributed by atoms with Crippen LogP contribution in [-0.2, 0) is 22.4 Å². The fourth-order valence-electron chi connectivity index (χ4n) is 4.58. The van der Waals surface area contributed by atoms with Crippen molar-refractivity contribution < 1.29 is 9.59 Å². The van der Waals surface area contributed by atoms with E-state index in [2.05, 4.69) is 71.4 Å². The number of rotatable bonds is 12. The maximum absolute atomic E-state index is 12.9. The molecular formula is C28H39N3O2. The summed E-state index contributed by atoms with van der Waals surface area (Å²) in [6.45, 7) is 4.89. The number of amides is 2. The van der Waals surface area contributed by atoms with Crippen LogP contribution in [-0.4, -0.2) is 38.0 Å². The SMILES string of the molecule is CC(CCNC(=O)[C@@H]1CCNC[C@@H]1C(=O)NCCCCc1ccccc1)Cc1ccccc1. The Morgan fingerprint density at radius 1 is 0.879 bits per heavy atom. The quantitative estimate of drug-likeness (QED) is 0.433. The summed E-state index contributed by atoms with van der Waals surface area (Å²) in [5.41, 5.74) is 2.66. The minimum Gasteiger partial charge on any atom is -0.356 e. The van der Waals surface area contributed by atoms with Crippen LogP contribution < -0.4 is 16.0 Å². The van der Waals surface area contributed by atoms with Crippen LogP contribution in [0.25, 0.3) is 0 Å². The molecule has 1 saturated heterocycles. The van der Waals surface area contributed by atoms with Gasteiger partial charge in [-0.3, -0.25) is 9.59 Å². The molecule has 0 spiro atoms. The van der Waals surface area contributed by atoms with Gasteiger partial charge in [0.1, 0.15) is 0 Å². The summed E-state index contributed by atoms with van der Waals surface area (Å²) < 4.78 is 0. The predicted octanol–water partition coefficient (Wildman–Crippen LogP) is 3.74. The number of unbranched alkanes of at least 4 members (excludes halogenated alkanes) is 1. The standard InChI is InChI=1S/C28H39N3O2/c1-22(20-24-13-6-3-7-14-24)15-19-31-27(32)25-16-18-29-21-26(25)28(33)30-17-9-8-12-23-10-4-2-5-11-23/h2-7,10-11,13-14,22,25-26,29H,8-9,12,15-21H2,1H3,(H,30,33)(H,31,32)/t22?,25-,26+/m1/s1. The number of benzene rings is 2. The van der Waals surface area contributed by atoms with E-state index in [1.807, 2.05) is 12.1 Å². The van der Waals surface area contributed by atoms with E-state index < -0.39 is 0 Å². The van der Waals surface area contributed by atoms with Gasteiger partial charge in [-0.25, -0.2) is 0 Å². The van der Waals surface area contributed by atoms with Gasteiger partial charge >= 0.3 is 0 Å². The van der Waals surface area contributed by atoms with Crippen molar-refractivity contribution >= 4 is 11.8 Å². The van der Waals surface area contributed by atoms with E-state index in [4.69, 9.17) is 0 Å². The second-order valence-electron chi connectivity index (χ2n) is 9.31. The average Bonchev–Trinajstić information content (AvgIpc) is 2.85. The topological polar surface area (TPSA) is 70.2 Å². The van der Waals surface area contributed by atoms with Gasteiger partial charge in [0.25, 0.3) is 0 Å². The summed E-state index contributed by atoms with van der Waals surface area (Å²) in [5, 5.41) is 9.45. The van der Waals surface area contributed by atoms with Crippen LogP contribution in [0.1, 0.15) is 43.7 Å². The Balaban J connectivity index is 1.36. The van der Waals surface area contributed by atoms with Crippen molar-refractivity contribution in [3.05, 3.63) is 71.8 Å². The zero-order valence-electron chi connectivity index (χ0n) is 19.9. The summed E-state index contributed by atoms with van der Waals surface area (Å²) >= 11 is 0. The van der Waals surface area contributed by atoms with Crippen molar-refractivity contribution in [3.8, 4) is 0 Å². The monoisotopic (exact) mass is 449 g/mol. The highest BCUT2D eigenvalue weighted by Crippen LogP contribution is 2.20. The van der Waals surface area contributed by atoms with Gasteiger partial charge in [-0.15, -0.1) is 0 Å². The van der Waals surface area contributed by atoms with Crippen molar-refractivity contribution in [1.82, 2.24) is 16.0 Å². The first-order valence-electron chi connectivity index (χ1n) is 12.5. The van der Waals surface area contributed by atoms with E-state index in [0.29, 0.717) is 32.0 Å². The van der Waals surface area contributed by atoms with Gasteiger partial charge in [0.05, 0.1) is 11.8 Å². The molecule has 0 radical (unpaired) electrons.